The Balaban J connectivity index is 1.48. The molecule has 10 heteroatoms. The maximum absolute atomic E-state index is 12.9. The van der Waals surface area contributed by atoms with Crippen LogP contribution >= 0.6 is 11.6 Å². The molecule has 33 heavy (non-hydrogen) atoms. The van der Waals surface area contributed by atoms with E-state index in [9.17, 15) is 13.2 Å². The number of fused-ring (bicyclic) bond motifs is 1. The average Bonchev–Trinajstić information content (AvgIpc) is 2.82. The van der Waals surface area contributed by atoms with Gasteiger partial charge in [0.25, 0.3) is 15.9 Å². The first-order valence-corrected chi connectivity index (χ1v) is 11.8. The number of benzene rings is 3. The number of anilines is 1. The van der Waals surface area contributed by atoms with Crippen LogP contribution < -0.4 is 24.2 Å². The average molecular weight is 489 g/mol. The first-order valence-electron chi connectivity index (χ1n) is 9.99. The van der Waals surface area contributed by atoms with Gasteiger partial charge in [-0.05, 0) is 54.1 Å². The first-order chi connectivity index (χ1) is 15.9. The molecule has 172 valence electrons. The minimum absolute atomic E-state index is 0.0727. The third-order valence-corrected chi connectivity index (χ3v) is 6.47. The number of carbonyl (C=O) groups is 1. The monoisotopic (exact) mass is 488 g/mol. The summed E-state index contributed by atoms with van der Waals surface area (Å²) in [5.41, 5.74) is 1.22. The van der Waals surface area contributed by atoms with Gasteiger partial charge < -0.3 is 19.5 Å². The summed E-state index contributed by atoms with van der Waals surface area (Å²) < 4.78 is 44.5. The van der Waals surface area contributed by atoms with Crippen LogP contribution in [0.3, 0.4) is 0 Å². The van der Waals surface area contributed by atoms with E-state index in [1.165, 1.54) is 37.4 Å². The van der Waals surface area contributed by atoms with Crippen LogP contribution in [0, 0.1) is 0 Å². The lowest BCUT2D eigenvalue weighted by atomic mass is 10.1. The van der Waals surface area contributed by atoms with E-state index >= 15 is 0 Å². The molecule has 0 unspecified atom stereocenters. The number of methoxy groups -OCH3 is 1. The van der Waals surface area contributed by atoms with Crippen molar-refractivity contribution in [1.82, 2.24) is 5.32 Å². The summed E-state index contributed by atoms with van der Waals surface area (Å²) in [6, 6.07) is 15.8. The standard InChI is InChI=1S/C23H21ClN2O6S/c1-30-20-8-6-17(24)13-19(20)26-33(28,29)18-4-2-3-16(12-18)23(27)25-14-15-5-7-21-22(11-15)32-10-9-31-21/h2-8,11-13,26H,9-10,14H2,1H3,(H,25,27). The van der Waals surface area contributed by atoms with Crippen LogP contribution in [0.15, 0.2) is 65.6 Å². The van der Waals surface area contributed by atoms with E-state index in [0.29, 0.717) is 35.5 Å². The van der Waals surface area contributed by atoms with Crippen molar-refractivity contribution in [2.45, 2.75) is 11.4 Å². The quantitative estimate of drug-likeness (QED) is 0.523. The minimum atomic E-state index is -4.00. The Hall–Kier alpha value is -3.43. The fraction of sp³-hybridized carbons (Fsp3) is 0.174. The van der Waals surface area contributed by atoms with Gasteiger partial charge >= 0.3 is 0 Å². The van der Waals surface area contributed by atoms with Crippen LogP contribution in [0.4, 0.5) is 5.69 Å². The number of hydrogen-bond acceptors (Lipinski definition) is 6. The highest BCUT2D eigenvalue weighted by atomic mass is 35.5. The molecule has 3 aromatic carbocycles. The Morgan fingerprint density at radius 3 is 2.61 bits per heavy atom. The molecule has 1 heterocycles. The number of ether oxygens (including phenoxy) is 3. The van der Waals surface area contributed by atoms with E-state index in [1.54, 1.807) is 24.3 Å². The maximum atomic E-state index is 12.9. The third-order valence-electron chi connectivity index (χ3n) is 4.87. The first kappa shape index (κ1) is 22.8. The molecule has 4 rings (SSSR count). The van der Waals surface area contributed by atoms with Crippen molar-refractivity contribution in [2.24, 2.45) is 0 Å². The second-order valence-corrected chi connectivity index (χ2v) is 9.26. The molecular formula is C23H21ClN2O6S. The van der Waals surface area contributed by atoms with Gasteiger partial charge in [-0.25, -0.2) is 8.42 Å². The van der Waals surface area contributed by atoms with Crippen molar-refractivity contribution in [3.05, 3.63) is 76.8 Å². The fourth-order valence-corrected chi connectivity index (χ4v) is 4.53. The maximum Gasteiger partial charge on any atom is 0.262 e. The summed E-state index contributed by atoms with van der Waals surface area (Å²) >= 11 is 5.98. The van der Waals surface area contributed by atoms with Crippen LogP contribution in [-0.2, 0) is 16.6 Å². The lowest BCUT2D eigenvalue weighted by molar-refractivity contribution is 0.0950. The van der Waals surface area contributed by atoms with Crippen molar-refractivity contribution >= 4 is 33.2 Å². The van der Waals surface area contributed by atoms with Gasteiger partial charge in [-0.15, -0.1) is 0 Å². The van der Waals surface area contributed by atoms with Gasteiger partial charge in [-0.2, -0.15) is 0 Å². The molecule has 0 atom stereocenters. The van der Waals surface area contributed by atoms with Crippen LogP contribution in [0.2, 0.25) is 5.02 Å². The van der Waals surface area contributed by atoms with Crippen LogP contribution in [-0.4, -0.2) is 34.6 Å². The lowest BCUT2D eigenvalue weighted by Gasteiger charge is -2.19. The number of carbonyl (C=O) groups excluding carboxylic acids is 1. The predicted molar refractivity (Wildman–Crippen MR) is 124 cm³/mol. The van der Waals surface area contributed by atoms with Gasteiger partial charge in [0.2, 0.25) is 0 Å². The molecule has 0 aliphatic carbocycles. The largest absolute Gasteiger partial charge is 0.495 e. The van der Waals surface area contributed by atoms with Crippen molar-refractivity contribution in [1.29, 1.82) is 0 Å². The smallest absolute Gasteiger partial charge is 0.262 e. The van der Waals surface area contributed by atoms with E-state index in [2.05, 4.69) is 10.0 Å². The van der Waals surface area contributed by atoms with Crippen LogP contribution in [0.25, 0.3) is 0 Å². The zero-order valence-corrected chi connectivity index (χ0v) is 19.2. The van der Waals surface area contributed by atoms with Crippen LogP contribution in [0.5, 0.6) is 17.2 Å². The van der Waals surface area contributed by atoms with E-state index in [4.69, 9.17) is 25.8 Å². The summed E-state index contributed by atoms with van der Waals surface area (Å²) in [5, 5.41) is 3.14. The molecule has 3 aromatic rings. The molecule has 0 aromatic heterocycles. The zero-order valence-electron chi connectivity index (χ0n) is 17.6. The van der Waals surface area contributed by atoms with Gasteiger partial charge in [-0.3, -0.25) is 9.52 Å². The molecule has 1 aliphatic rings. The Morgan fingerprint density at radius 1 is 1.03 bits per heavy atom. The second kappa shape index (κ2) is 9.60. The number of hydrogen-bond donors (Lipinski definition) is 2. The second-order valence-electron chi connectivity index (χ2n) is 7.14. The Morgan fingerprint density at radius 2 is 1.82 bits per heavy atom. The molecule has 0 spiro atoms. The third kappa shape index (κ3) is 5.32. The summed E-state index contributed by atoms with van der Waals surface area (Å²) in [5.74, 6) is 1.19. The molecule has 1 amide bonds. The molecule has 0 bridgehead atoms. The van der Waals surface area contributed by atoms with E-state index in [0.717, 1.165) is 5.56 Å². The Bertz CT molecular complexity index is 1300. The number of amides is 1. The molecule has 0 fully saturated rings. The molecule has 0 radical (unpaired) electrons. The van der Waals surface area contributed by atoms with Crippen molar-refractivity contribution < 1.29 is 27.4 Å². The number of sulfonamides is 1. The lowest BCUT2D eigenvalue weighted by Crippen LogP contribution is -2.23. The molecular weight excluding hydrogens is 468 g/mol. The molecule has 0 saturated carbocycles. The number of halogens is 1. The Kier molecular flexibility index (Phi) is 6.62. The van der Waals surface area contributed by atoms with E-state index < -0.39 is 15.9 Å². The van der Waals surface area contributed by atoms with E-state index in [-0.39, 0.29) is 22.7 Å². The van der Waals surface area contributed by atoms with E-state index in [1.807, 2.05) is 6.07 Å². The minimum Gasteiger partial charge on any atom is -0.495 e. The van der Waals surface area contributed by atoms with Crippen LogP contribution in [0.1, 0.15) is 15.9 Å². The Labute approximate surface area is 196 Å². The van der Waals surface area contributed by atoms with Gasteiger partial charge in [-0.1, -0.05) is 23.7 Å². The summed E-state index contributed by atoms with van der Waals surface area (Å²) in [6.07, 6.45) is 0. The van der Waals surface area contributed by atoms with Crippen molar-refractivity contribution in [3.8, 4) is 17.2 Å². The molecule has 8 nitrogen and oxygen atoms in total. The topological polar surface area (TPSA) is 103 Å². The normalized spacial score (nSPS) is 12.7. The van der Waals surface area contributed by atoms with Gasteiger partial charge in [0.15, 0.2) is 11.5 Å². The summed E-state index contributed by atoms with van der Waals surface area (Å²) in [7, 11) is -2.57. The highest BCUT2D eigenvalue weighted by Gasteiger charge is 2.19. The van der Waals surface area contributed by atoms with Gasteiger partial charge in [0.05, 0.1) is 17.7 Å². The molecule has 2 N–H and O–H groups in total. The molecule has 0 saturated heterocycles. The number of rotatable bonds is 7. The molecule has 1 aliphatic heterocycles. The van der Waals surface area contributed by atoms with Gasteiger partial charge in [0, 0.05) is 17.1 Å². The summed E-state index contributed by atoms with van der Waals surface area (Å²) in [4.78, 5) is 12.6. The number of nitrogens with one attached hydrogen (secondary N) is 2. The predicted octanol–water partition coefficient (Wildman–Crippen LogP) is 3.85. The highest BCUT2D eigenvalue weighted by molar-refractivity contribution is 7.92. The SMILES string of the molecule is COc1ccc(Cl)cc1NS(=O)(=O)c1cccc(C(=O)NCc2ccc3c(c2)OCCO3)c1. The highest BCUT2D eigenvalue weighted by Crippen LogP contribution is 2.31. The fourth-order valence-electron chi connectivity index (χ4n) is 3.25. The van der Waals surface area contributed by atoms with Gasteiger partial charge in [0.1, 0.15) is 19.0 Å². The summed E-state index contributed by atoms with van der Waals surface area (Å²) in [6.45, 7) is 1.21. The zero-order chi connectivity index (χ0) is 23.4. The van der Waals surface area contributed by atoms with Crippen molar-refractivity contribution in [2.75, 3.05) is 25.0 Å². The van der Waals surface area contributed by atoms with Crippen molar-refractivity contribution in [3.63, 3.8) is 0 Å².